The van der Waals surface area contributed by atoms with Gasteiger partial charge in [0, 0.05) is 24.1 Å². The van der Waals surface area contributed by atoms with E-state index in [1.807, 2.05) is 19.1 Å². The number of ether oxygens (including phenoxy) is 1. The summed E-state index contributed by atoms with van der Waals surface area (Å²) in [6.45, 7) is 3.01. The lowest BCUT2D eigenvalue weighted by atomic mass is 10.1. The van der Waals surface area contributed by atoms with E-state index in [-0.39, 0.29) is 6.61 Å². The summed E-state index contributed by atoms with van der Waals surface area (Å²) in [6.07, 6.45) is 2.86. The molecule has 0 unspecified atom stereocenters. The molecule has 3 aromatic rings. The summed E-state index contributed by atoms with van der Waals surface area (Å²) in [5.74, 6) is 2.50. The number of aryl methyl sites for hydroxylation is 1. The molecule has 6 heteroatoms. The zero-order valence-electron chi connectivity index (χ0n) is 14.6. The Hall–Kier alpha value is -2.18. The first-order valence-corrected chi connectivity index (χ1v) is 9.36. The number of hydrogen-bond donors (Lipinski definition) is 2. The van der Waals surface area contributed by atoms with Crippen LogP contribution >= 0.6 is 11.3 Å². The number of hydrogen-bond acceptors (Lipinski definition) is 6. The highest BCUT2D eigenvalue weighted by Crippen LogP contribution is 2.37. The van der Waals surface area contributed by atoms with Crippen molar-refractivity contribution in [3.05, 3.63) is 35.5 Å². The van der Waals surface area contributed by atoms with Crippen LogP contribution in [-0.4, -0.2) is 35.3 Å². The van der Waals surface area contributed by atoms with Gasteiger partial charge in [0.15, 0.2) is 0 Å². The highest BCUT2D eigenvalue weighted by Gasteiger charge is 2.14. The Bertz CT molecular complexity index is 831. The van der Waals surface area contributed by atoms with Gasteiger partial charge in [0.25, 0.3) is 0 Å². The average molecular weight is 357 g/mol. The van der Waals surface area contributed by atoms with Gasteiger partial charge in [-0.1, -0.05) is 12.1 Å². The number of aliphatic hydroxyl groups is 1. The third-order valence-corrected chi connectivity index (χ3v) is 4.95. The van der Waals surface area contributed by atoms with Crippen LogP contribution in [0.2, 0.25) is 0 Å². The molecule has 3 rings (SSSR count). The number of unbranched alkanes of at least 4 members (excludes halogenated alkanes) is 2. The van der Waals surface area contributed by atoms with E-state index in [2.05, 4.69) is 32.8 Å². The summed E-state index contributed by atoms with van der Waals surface area (Å²) < 4.78 is 5.25. The molecule has 5 nitrogen and oxygen atoms in total. The topological polar surface area (TPSA) is 67.3 Å². The molecule has 2 aromatic heterocycles. The van der Waals surface area contributed by atoms with Gasteiger partial charge in [-0.3, -0.25) is 0 Å². The Morgan fingerprint density at radius 1 is 1.12 bits per heavy atom. The van der Waals surface area contributed by atoms with Crippen molar-refractivity contribution in [3.63, 3.8) is 0 Å². The Morgan fingerprint density at radius 2 is 1.92 bits per heavy atom. The highest BCUT2D eigenvalue weighted by atomic mass is 32.1. The van der Waals surface area contributed by atoms with Crippen molar-refractivity contribution >= 4 is 27.4 Å². The van der Waals surface area contributed by atoms with Crippen molar-refractivity contribution in [1.29, 1.82) is 0 Å². The fourth-order valence-electron chi connectivity index (χ4n) is 2.78. The van der Waals surface area contributed by atoms with E-state index in [0.717, 1.165) is 64.5 Å². The van der Waals surface area contributed by atoms with E-state index in [9.17, 15) is 0 Å². The molecule has 2 N–H and O–H groups in total. The van der Waals surface area contributed by atoms with Gasteiger partial charge < -0.3 is 15.2 Å². The Morgan fingerprint density at radius 3 is 2.64 bits per heavy atom. The van der Waals surface area contributed by atoms with Gasteiger partial charge in [-0.15, -0.1) is 11.3 Å². The van der Waals surface area contributed by atoms with Crippen molar-refractivity contribution in [2.24, 2.45) is 0 Å². The Kier molecular flexibility index (Phi) is 5.83. The van der Waals surface area contributed by atoms with Gasteiger partial charge >= 0.3 is 0 Å². The number of benzene rings is 1. The van der Waals surface area contributed by atoms with Crippen LogP contribution in [-0.2, 0) is 0 Å². The van der Waals surface area contributed by atoms with Gasteiger partial charge in [0.1, 0.15) is 22.2 Å². The molecule has 0 atom stereocenters. The van der Waals surface area contributed by atoms with Crippen LogP contribution in [0.1, 0.15) is 25.1 Å². The largest absolute Gasteiger partial charge is 0.497 e. The second kappa shape index (κ2) is 8.27. The monoisotopic (exact) mass is 357 g/mol. The molecule has 0 aliphatic rings. The first-order chi connectivity index (χ1) is 12.2. The molecule has 132 valence electrons. The maximum Gasteiger partial charge on any atom is 0.139 e. The number of nitrogens with zero attached hydrogens (tertiary/aromatic N) is 2. The maximum absolute atomic E-state index is 8.88. The first kappa shape index (κ1) is 17.6. The number of rotatable bonds is 8. The quantitative estimate of drug-likeness (QED) is 0.590. The maximum atomic E-state index is 8.88. The van der Waals surface area contributed by atoms with E-state index >= 15 is 0 Å². The molecule has 0 bridgehead atoms. The van der Waals surface area contributed by atoms with Crippen molar-refractivity contribution in [2.75, 3.05) is 25.6 Å². The smallest absolute Gasteiger partial charge is 0.139 e. The molecule has 0 saturated heterocycles. The summed E-state index contributed by atoms with van der Waals surface area (Å²) in [5, 5.41) is 15.5. The minimum atomic E-state index is 0.253. The predicted molar refractivity (Wildman–Crippen MR) is 104 cm³/mol. The number of nitrogens with one attached hydrogen (secondary N) is 1. The first-order valence-electron chi connectivity index (χ1n) is 8.48. The molecule has 25 heavy (non-hydrogen) atoms. The molecule has 0 amide bonds. The number of thiophene rings is 1. The van der Waals surface area contributed by atoms with Crippen molar-refractivity contribution in [1.82, 2.24) is 9.97 Å². The zero-order chi connectivity index (χ0) is 17.6. The van der Waals surface area contributed by atoms with Crippen molar-refractivity contribution in [3.8, 4) is 16.9 Å². The van der Waals surface area contributed by atoms with E-state index in [1.54, 1.807) is 18.4 Å². The standard InChI is InChI=1S/C19H23N3O2S/c1-13-21-18(20-10-4-3-5-11-23)17-16(12-25-19(17)22-13)14-6-8-15(24-2)9-7-14/h6-9,12,23H,3-5,10-11H2,1-2H3,(H,20,21,22). The molecule has 0 aliphatic carbocycles. The molecule has 0 saturated carbocycles. The van der Waals surface area contributed by atoms with Crippen LogP contribution in [0.5, 0.6) is 5.75 Å². The third-order valence-electron chi connectivity index (χ3n) is 4.07. The van der Waals surface area contributed by atoms with Crippen LogP contribution in [0.25, 0.3) is 21.3 Å². The van der Waals surface area contributed by atoms with Crippen LogP contribution in [0.15, 0.2) is 29.6 Å². The summed E-state index contributed by atoms with van der Waals surface area (Å²) in [4.78, 5) is 10.2. The van der Waals surface area contributed by atoms with E-state index < -0.39 is 0 Å². The lowest BCUT2D eigenvalue weighted by Crippen LogP contribution is -2.05. The number of anilines is 1. The number of aromatic nitrogens is 2. The lowest BCUT2D eigenvalue weighted by Gasteiger charge is -2.10. The summed E-state index contributed by atoms with van der Waals surface area (Å²) in [5.41, 5.74) is 2.27. The molecular formula is C19H23N3O2S. The Labute approximate surface area is 151 Å². The molecule has 0 spiro atoms. The molecule has 2 heterocycles. The molecule has 0 aliphatic heterocycles. The Balaban J connectivity index is 1.91. The summed E-state index contributed by atoms with van der Waals surface area (Å²) in [7, 11) is 1.67. The predicted octanol–water partition coefficient (Wildman–Crippen LogP) is 4.25. The summed E-state index contributed by atoms with van der Waals surface area (Å²) in [6, 6.07) is 8.06. The second-order valence-corrected chi connectivity index (χ2v) is 6.75. The average Bonchev–Trinajstić information content (AvgIpc) is 3.05. The van der Waals surface area contributed by atoms with Gasteiger partial charge in [0.05, 0.1) is 12.5 Å². The second-order valence-electron chi connectivity index (χ2n) is 5.89. The minimum Gasteiger partial charge on any atom is -0.497 e. The van der Waals surface area contributed by atoms with Crippen LogP contribution in [0, 0.1) is 6.92 Å². The highest BCUT2D eigenvalue weighted by molar-refractivity contribution is 7.17. The number of aliphatic hydroxyl groups excluding tert-OH is 1. The van der Waals surface area contributed by atoms with Crippen LogP contribution < -0.4 is 10.1 Å². The minimum absolute atomic E-state index is 0.253. The van der Waals surface area contributed by atoms with Gasteiger partial charge in [-0.25, -0.2) is 9.97 Å². The van der Waals surface area contributed by atoms with Gasteiger partial charge in [0.2, 0.25) is 0 Å². The third kappa shape index (κ3) is 4.08. The van der Waals surface area contributed by atoms with E-state index in [0.29, 0.717) is 0 Å². The van der Waals surface area contributed by atoms with Crippen molar-refractivity contribution < 1.29 is 9.84 Å². The fraction of sp³-hybridized carbons (Fsp3) is 0.368. The molecule has 0 radical (unpaired) electrons. The zero-order valence-corrected chi connectivity index (χ0v) is 15.4. The van der Waals surface area contributed by atoms with Crippen LogP contribution in [0.3, 0.4) is 0 Å². The molecule has 0 fully saturated rings. The molecular weight excluding hydrogens is 334 g/mol. The lowest BCUT2D eigenvalue weighted by molar-refractivity contribution is 0.283. The number of methoxy groups -OCH3 is 1. The normalized spacial score (nSPS) is 11.0. The SMILES string of the molecule is COc1ccc(-c2csc3nc(C)nc(NCCCCCO)c23)cc1. The van der Waals surface area contributed by atoms with Crippen LogP contribution in [0.4, 0.5) is 5.82 Å². The fourth-order valence-corrected chi connectivity index (χ4v) is 3.77. The van der Waals surface area contributed by atoms with E-state index in [4.69, 9.17) is 9.84 Å². The molecule has 1 aromatic carbocycles. The van der Waals surface area contributed by atoms with E-state index in [1.165, 1.54) is 0 Å². The summed E-state index contributed by atoms with van der Waals surface area (Å²) >= 11 is 1.64. The van der Waals surface area contributed by atoms with Gasteiger partial charge in [-0.05, 0) is 43.9 Å². The van der Waals surface area contributed by atoms with Gasteiger partial charge in [-0.2, -0.15) is 0 Å². The number of fused-ring (bicyclic) bond motifs is 1. The van der Waals surface area contributed by atoms with Crippen molar-refractivity contribution in [2.45, 2.75) is 26.2 Å².